The molecule has 18 heavy (non-hydrogen) atoms. The van der Waals surface area contributed by atoms with Gasteiger partial charge < -0.3 is 16.4 Å². The molecule has 0 bridgehead atoms. The number of primary amides is 1. The summed E-state index contributed by atoms with van der Waals surface area (Å²) in [5, 5.41) is 0. The van der Waals surface area contributed by atoms with Gasteiger partial charge in [-0.05, 0) is 19.3 Å². The van der Waals surface area contributed by atoms with Crippen LogP contribution in [-0.4, -0.2) is 35.8 Å². The van der Waals surface area contributed by atoms with E-state index in [0.29, 0.717) is 6.54 Å². The van der Waals surface area contributed by atoms with Crippen LogP contribution in [0.4, 0.5) is 0 Å². The minimum atomic E-state index is -0.442. The average Bonchev–Trinajstić information content (AvgIpc) is 2.85. The Morgan fingerprint density at radius 2 is 1.94 bits per heavy atom. The minimum absolute atomic E-state index is 0.00468. The van der Waals surface area contributed by atoms with Gasteiger partial charge in [0.1, 0.15) is 0 Å². The maximum atomic E-state index is 12.4. The zero-order valence-electron chi connectivity index (χ0n) is 11.2. The van der Waals surface area contributed by atoms with Gasteiger partial charge in [0, 0.05) is 12.6 Å². The second kappa shape index (κ2) is 7.36. The normalized spacial score (nSPS) is 17.7. The molecular weight excluding hydrogens is 230 g/mol. The van der Waals surface area contributed by atoms with Crippen molar-refractivity contribution < 1.29 is 9.59 Å². The van der Waals surface area contributed by atoms with Crippen LogP contribution in [0.3, 0.4) is 0 Å². The summed E-state index contributed by atoms with van der Waals surface area (Å²) >= 11 is 0. The zero-order valence-corrected chi connectivity index (χ0v) is 11.2. The molecule has 1 unspecified atom stereocenters. The lowest BCUT2D eigenvalue weighted by Crippen LogP contribution is -2.48. The Labute approximate surface area is 109 Å². The van der Waals surface area contributed by atoms with Crippen LogP contribution in [-0.2, 0) is 9.59 Å². The first-order valence-electron chi connectivity index (χ1n) is 6.89. The first-order valence-corrected chi connectivity index (χ1v) is 6.89. The number of amides is 2. The maximum Gasteiger partial charge on any atom is 0.237 e. The van der Waals surface area contributed by atoms with Crippen LogP contribution < -0.4 is 11.5 Å². The number of carbonyl (C=O) groups excluding carboxylic acids is 2. The van der Waals surface area contributed by atoms with Crippen LogP contribution in [0, 0.1) is 5.92 Å². The summed E-state index contributed by atoms with van der Waals surface area (Å²) in [4.78, 5) is 25.2. The number of rotatable bonds is 7. The molecule has 5 heteroatoms. The highest BCUT2D eigenvalue weighted by Gasteiger charge is 2.31. The van der Waals surface area contributed by atoms with E-state index in [0.717, 1.165) is 38.5 Å². The Morgan fingerprint density at radius 1 is 1.33 bits per heavy atom. The molecule has 1 rings (SSSR count). The predicted octanol–water partition coefficient (Wildman–Crippen LogP) is 0.618. The SMILES string of the molecule is CCCC(CN)C(=O)N(CC(N)=O)C1CCCC1. The summed E-state index contributed by atoms with van der Waals surface area (Å²) in [5.74, 6) is -0.609. The Morgan fingerprint density at radius 3 is 2.39 bits per heavy atom. The van der Waals surface area contributed by atoms with Gasteiger partial charge in [-0.15, -0.1) is 0 Å². The number of nitrogens with two attached hydrogens (primary N) is 2. The molecule has 1 saturated carbocycles. The van der Waals surface area contributed by atoms with Crippen molar-refractivity contribution in [3.63, 3.8) is 0 Å². The van der Waals surface area contributed by atoms with Gasteiger partial charge in [0.05, 0.1) is 12.5 Å². The molecule has 0 aromatic carbocycles. The van der Waals surface area contributed by atoms with E-state index in [2.05, 4.69) is 0 Å². The number of nitrogens with zero attached hydrogens (tertiary/aromatic N) is 1. The number of carbonyl (C=O) groups is 2. The highest BCUT2D eigenvalue weighted by Crippen LogP contribution is 2.25. The Balaban J connectivity index is 2.73. The lowest BCUT2D eigenvalue weighted by atomic mass is 10.0. The topological polar surface area (TPSA) is 89.4 Å². The number of hydrogen-bond acceptors (Lipinski definition) is 3. The summed E-state index contributed by atoms with van der Waals surface area (Å²) in [6.07, 6.45) is 5.88. The molecule has 1 aliphatic carbocycles. The summed E-state index contributed by atoms with van der Waals surface area (Å²) < 4.78 is 0. The van der Waals surface area contributed by atoms with Gasteiger partial charge in [-0.2, -0.15) is 0 Å². The van der Waals surface area contributed by atoms with E-state index in [1.54, 1.807) is 4.90 Å². The fraction of sp³-hybridized carbons (Fsp3) is 0.846. The summed E-state index contributed by atoms with van der Waals surface area (Å²) in [6, 6.07) is 0.177. The molecular formula is C13H25N3O2. The monoisotopic (exact) mass is 255 g/mol. The third-order valence-electron chi connectivity index (χ3n) is 3.65. The van der Waals surface area contributed by atoms with E-state index in [-0.39, 0.29) is 24.4 Å². The molecule has 0 aromatic rings. The number of hydrogen-bond donors (Lipinski definition) is 2. The van der Waals surface area contributed by atoms with Crippen LogP contribution in [0.1, 0.15) is 45.4 Å². The van der Waals surface area contributed by atoms with Gasteiger partial charge in [0.25, 0.3) is 0 Å². The standard InChI is InChI=1S/C13H25N3O2/c1-2-5-10(8-14)13(18)16(9-12(15)17)11-6-3-4-7-11/h10-11H,2-9,14H2,1H3,(H2,15,17). The molecule has 0 heterocycles. The van der Waals surface area contributed by atoms with Gasteiger partial charge in [-0.1, -0.05) is 26.2 Å². The summed E-state index contributed by atoms with van der Waals surface area (Å²) in [5.41, 5.74) is 10.9. The molecule has 0 spiro atoms. The molecule has 1 aliphatic rings. The molecule has 104 valence electrons. The van der Waals surface area contributed by atoms with Crippen molar-refractivity contribution in [1.82, 2.24) is 4.90 Å². The van der Waals surface area contributed by atoms with Gasteiger partial charge in [0.15, 0.2) is 0 Å². The van der Waals surface area contributed by atoms with Crippen LogP contribution in [0.25, 0.3) is 0 Å². The van der Waals surface area contributed by atoms with E-state index in [1.807, 2.05) is 6.92 Å². The Hall–Kier alpha value is -1.10. The third kappa shape index (κ3) is 3.98. The molecule has 0 saturated heterocycles. The van der Waals surface area contributed by atoms with E-state index >= 15 is 0 Å². The highest BCUT2D eigenvalue weighted by atomic mass is 16.2. The van der Waals surface area contributed by atoms with E-state index < -0.39 is 5.91 Å². The van der Waals surface area contributed by atoms with Gasteiger partial charge >= 0.3 is 0 Å². The molecule has 5 nitrogen and oxygen atoms in total. The van der Waals surface area contributed by atoms with Gasteiger partial charge in [0.2, 0.25) is 11.8 Å². The second-order valence-electron chi connectivity index (χ2n) is 5.09. The quantitative estimate of drug-likeness (QED) is 0.698. The first kappa shape index (κ1) is 15.0. The Kier molecular flexibility index (Phi) is 6.12. The van der Waals surface area contributed by atoms with Crippen LogP contribution in [0.15, 0.2) is 0 Å². The molecule has 0 aromatic heterocycles. The smallest absolute Gasteiger partial charge is 0.237 e. The van der Waals surface area contributed by atoms with E-state index in [1.165, 1.54) is 0 Å². The molecule has 0 radical (unpaired) electrons. The van der Waals surface area contributed by atoms with Crippen LogP contribution in [0.2, 0.25) is 0 Å². The largest absolute Gasteiger partial charge is 0.368 e. The van der Waals surface area contributed by atoms with Crippen LogP contribution in [0.5, 0.6) is 0 Å². The summed E-state index contributed by atoms with van der Waals surface area (Å²) in [7, 11) is 0. The van der Waals surface area contributed by atoms with E-state index in [4.69, 9.17) is 11.5 Å². The molecule has 4 N–H and O–H groups in total. The fourth-order valence-electron chi connectivity index (χ4n) is 2.70. The Bertz CT molecular complexity index is 288. The third-order valence-corrected chi connectivity index (χ3v) is 3.65. The zero-order chi connectivity index (χ0) is 13.5. The van der Waals surface area contributed by atoms with Gasteiger partial charge in [-0.25, -0.2) is 0 Å². The van der Waals surface area contributed by atoms with Crippen molar-refractivity contribution in [3.05, 3.63) is 0 Å². The van der Waals surface area contributed by atoms with Crippen molar-refractivity contribution in [3.8, 4) is 0 Å². The molecule has 1 fully saturated rings. The van der Waals surface area contributed by atoms with Crippen LogP contribution >= 0.6 is 0 Å². The van der Waals surface area contributed by atoms with Crippen molar-refractivity contribution in [1.29, 1.82) is 0 Å². The second-order valence-corrected chi connectivity index (χ2v) is 5.09. The van der Waals surface area contributed by atoms with Gasteiger partial charge in [-0.3, -0.25) is 9.59 Å². The van der Waals surface area contributed by atoms with Crippen molar-refractivity contribution in [2.24, 2.45) is 17.4 Å². The highest BCUT2D eigenvalue weighted by molar-refractivity contribution is 5.85. The summed E-state index contributed by atoms with van der Waals surface area (Å²) in [6.45, 7) is 2.41. The maximum absolute atomic E-state index is 12.4. The molecule has 1 atom stereocenters. The molecule has 0 aliphatic heterocycles. The lowest BCUT2D eigenvalue weighted by molar-refractivity contribution is -0.141. The predicted molar refractivity (Wildman–Crippen MR) is 70.6 cm³/mol. The van der Waals surface area contributed by atoms with Crippen molar-refractivity contribution in [2.45, 2.75) is 51.5 Å². The van der Waals surface area contributed by atoms with E-state index in [9.17, 15) is 9.59 Å². The minimum Gasteiger partial charge on any atom is -0.368 e. The average molecular weight is 255 g/mol. The van der Waals surface area contributed by atoms with Crippen molar-refractivity contribution >= 4 is 11.8 Å². The molecule has 2 amide bonds. The fourth-order valence-corrected chi connectivity index (χ4v) is 2.70. The first-order chi connectivity index (χ1) is 8.60. The lowest BCUT2D eigenvalue weighted by Gasteiger charge is -2.31. The van der Waals surface area contributed by atoms with Crippen molar-refractivity contribution in [2.75, 3.05) is 13.1 Å².